The maximum absolute atomic E-state index is 5.25. The van der Waals surface area contributed by atoms with E-state index in [4.69, 9.17) is 4.42 Å². The van der Waals surface area contributed by atoms with Gasteiger partial charge in [0.15, 0.2) is 0 Å². The number of rotatable bonds is 3. The van der Waals surface area contributed by atoms with Crippen molar-refractivity contribution in [1.82, 2.24) is 10.2 Å². The molecule has 14 heavy (non-hydrogen) atoms. The first-order chi connectivity index (χ1) is 6.84. The van der Waals surface area contributed by atoms with Crippen LogP contribution in [0.3, 0.4) is 0 Å². The van der Waals surface area contributed by atoms with Crippen molar-refractivity contribution in [2.45, 2.75) is 10.6 Å². The van der Waals surface area contributed by atoms with Crippen molar-refractivity contribution in [2.24, 2.45) is 0 Å². The summed E-state index contributed by atoms with van der Waals surface area (Å²) < 4.78 is 5.84. The van der Waals surface area contributed by atoms with Crippen LogP contribution in [0.2, 0.25) is 0 Å². The summed E-state index contributed by atoms with van der Waals surface area (Å²) in [5, 5.41) is 7.67. The number of aromatic nitrogens is 2. The molecule has 3 nitrogen and oxygen atoms in total. The van der Waals surface area contributed by atoms with Gasteiger partial charge in [-0.25, -0.2) is 0 Å². The summed E-state index contributed by atoms with van der Waals surface area (Å²) in [7, 11) is 0. The minimum atomic E-state index is 0.589. The summed E-state index contributed by atoms with van der Waals surface area (Å²) in [5.41, 5.74) is 0. The normalized spacial score (nSPS) is 10.4. The maximum Gasteiger partial charge on any atom is 0.278 e. The molecular formula is C9H7IN2OS. The van der Waals surface area contributed by atoms with Crippen molar-refractivity contribution in [1.29, 1.82) is 0 Å². The standard InChI is InChI=1S/C9H7IN2OS/c10-9-12-11-8(13-9)6-14-7-4-2-1-3-5-7/h1-5H,6H2. The van der Waals surface area contributed by atoms with E-state index >= 15 is 0 Å². The van der Waals surface area contributed by atoms with Gasteiger partial charge >= 0.3 is 0 Å². The fourth-order valence-corrected chi connectivity index (χ4v) is 2.07. The van der Waals surface area contributed by atoms with E-state index in [0.717, 1.165) is 5.75 Å². The smallest absolute Gasteiger partial charge is 0.278 e. The molecule has 0 aliphatic carbocycles. The van der Waals surface area contributed by atoms with Gasteiger partial charge < -0.3 is 4.42 Å². The molecule has 1 aromatic carbocycles. The lowest BCUT2D eigenvalue weighted by atomic mass is 10.4. The van der Waals surface area contributed by atoms with Crippen LogP contribution < -0.4 is 0 Å². The Bertz CT molecular complexity index is 404. The van der Waals surface area contributed by atoms with Crippen molar-refractivity contribution in [3.05, 3.63) is 40.1 Å². The van der Waals surface area contributed by atoms with Crippen molar-refractivity contribution >= 4 is 34.4 Å². The highest BCUT2D eigenvalue weighted by Crippen LogP contribution is 2.21. The summed E-state index contributed by atoms with van der Waals surface area (Å²) in [6.07, 6.45) is 0. The molecule has 0 fully saturated rings. The summed E-state index contributed by atoms with van der Waals surface area (Å²) in [6.45, 7) is 0. The molecule has 0 N–H and O–H groups in total. The Morgan fingerprint density at radius 3 is 2.64 bits per heavy atom. The van der Waals surface area contributed by atoms with Crippen molar-refractivity contribution in [3.8, 4) is 0 Å². The Balaban J connectivity index is 1.95. The van der Waals surface area contributed by atoms with Crippen LogP contribution in [-0.2, 0) is 5.75 Å². The quantitative estimate of drug-likeness (QED) is 0.644. The van der Waals surface area contributed by atoms with Crippen LogP contribution in [0.15, 0.2) is 39.6 Å². The van der Waals surface area contributed by atoms with E-state index in [1.165, 1.54) is 4.90 Å². The lowest BCUT2D eigenvalue weighted by Gasteiger charge is -1.96. The number of benzene rings is 1. The fraction of sp³-hybridized carbons (Fsp3) is 0.111. The monoisotopic (exact) mass is 318 g/mol. The molecule has 0 saturated carbocycles. The summed E-state index contributed by atoms with van der Waals surface area (Å²) in [5.74, 6) is 1.39. The van der Waals surface area contributed by atoms with Crippen molar-refractivity contribution < 1.29 is 4.42 Å². The third-order valence-corrected chi connectivity index (χ3v) is 2.98. The molecule has 2 rings (SSSR count). The molecule has 0 spiro atoms. The highest BCUT2D eigenvalue weighted by atomic mass is 127. The lowest BCUT2D eigenvalue weighted by molar-refractivity contribution is 0.488. The molecule has 0 saturated heterocycles. The Labute approximate surface area is 99.4 Å². The number of halogens is 1. The van der Waals surface area contributed by atoms with Crippen molar-refractivity contribution in [3.63, 3.8) is 0 Å². The second-order valence-corrected chi connectivity index (χ2v) is 4.52. The Morgan fingerprint density at radius 2 is 2.00 bits per heavy atom. The van der Waals surface area contributed by atoms with Crippen LogP contribution >= 0.6 is 34.4 Å². The molecule has 2 aromatic rings. The Morgan fingerprint density at radius 1 is 1.21 bits per heavy atom. The molecule has 0 aliphatic rings. The average Bonchev–Trinajstić information content (AvgIpc) is 2.63. The molecule has 1 aromatic heterocycles. The van der Waals surface area contributed by atoms with Crippen molar-refractivity contribution in [2.75, 3.05) is 0 Å². The zero-order valence-electron chi connectivity index (χ0n) is 7.18. The first-order valence-electron chi connectivity index (χ1n) is 4.00. The van der Waals surface area contributed by atoms with Crippen LogP contribution in [0.1, 0.15) is 5.89 Å². The molecule has 0 amide bonds. The maximum atomic E-state index is 5.25. The van der Waals surface area contributed by atoms with Gasteiger partial charge in [-0.1, -0.05) is 18.2 Å². The van der Waals surface area contributed by atoms with Gasteiger partial charge in [0.05, 0.1) is 5.75 Å². The van der Waals surface area contributed by atoms with E-state index in [2.05, 4.69) is 22.3 Å². The zero-order chi connectivity index (χ0) is 9.80. The van der Waals surface area contributed by atoms with E-state index < -0.39 is 0 Å². The highest BCUT2D eigenvalue weighted by Gasteiger charge is 2.03. The van der Waals surface area contributed by atoms with Gasteiger partial charge in [0.1, 0.15) is 0 Å². The van der Waals surface area contributed by atoms with Gasteiger partial charge in [-0.05, 0) is 12.1 Å². The Hall–Kier alpha value is -0.560. The summed E-state index contributed by atoms with van der Waals surface area (Å²) in [6, 6.07) is 10.2. The second kappa shape index (κ2) is 4.79. The van der Waals surface area contributed by atoms with Crippen LogP contribution in [0.5, 0.6) is 0 Å². The molecule has 0 bridgehead atoms. The topological polar surface area (TPSA) is 38.9 Å². The molecule has 72 valence electrons. The average molecular weight is 318 g/mol. The largest absolute Gasteiger partial charge is 0.416 e. The second-order valence-electron chi connectivity index (χ2n) is 2.55. The Kier molecular flexibility index (Phi) is 3.41. The molecule has 1 heterocycles. The third kappa shape index (κ3) is 2.71. The molecule has 0 unspecified atom stereocenters. The van der Waals surface area contributed by atoms with Gasteiger partial charge in [-0.3, -0.25) is 0 Å². The van der Waals surface area contributed by atoms with E-state index in [0.29, 0.717) is 9.79 Å². The number of nitrogens with zero attached hydrogens (tertiary/aromatic N) is 2. The minimum Gasteiger partial charge on any atom is -0.416 e. The minimum absolute atomic E-state index is 0.589. The number of hydrogen-bond donors (Lipinski definition) is 0. The first-order valence-corrected chi connectivity index (χ1v) is 6.07. The molecule has 5 heteroatoms. The van der Waals surface area contributed by atoms with E-state index in [1.54, 1.807) is 11.8 Å². The predicted molar refractivity (Wildman–Crippen MR) is 63.0 cm³/mol. The van der Waals surface area contributed by atoms with Gasteiger partial charge in [0.2, 0.25) is 5.89 Å². The van der Waals surface area contributed by atoms with Gasteiger partial charge in [0.25, 0.3) is 3.90 Å². The van der Waals surface area contributed by atoms with E-state index in [-0.39, 0.29) is 0 Å². The number of hydrogen-bond acceptors (Lipinski definition) is 4. The zero-order valence-corrected chi connectivity index (χ0v) is 10.2. The molecular weight excluding hydrogens is 311 g/mol. The van der Waals surface area contributed by atoms with E-state index in [1.807, 2.05) is 40.8 Å². The summed E-state index contributed by atoms with van der Waals surface area (Å²) >= 11 is 3.69. The summed E-state index contributed by atoms with van der Waals surface area (Å²) in [4.78, 5) is 1.21. The van der Waals surface area contributed by atoms with Crippen LogP contribution in [0.4, 0.5) is 0 Å². The van der Waals surface area contributed by atoms with Crippen LogP contribution in [0, 0.1) is 3.90 Å². The van der Waals surface area contributed by atoms with Gasteiger partial charge in [0, 0.05) is 27.5 Å². The molecule has 0 aliphatic heterocycles. The SMILES string of the molecule is Ic1nnc(CSc2ccccc2)o1. The lowest BCUT2D eigenvalue weighted by Crippen LogP contribution is -1.79. The highest BCUT2D eigenvalue weighted by molar-refractivity contribution is 14.1. The third-order valence-electron chi connectivity index (χ3n) is 1.55. The molecule has 0 radical (unpaired) electrons. The fourth-order valence-electron chi connectivity index (χ4n) is 0.953. The first kappa shape index (κ1) is 9.97. The van der Waals surface area contributed by atoms with Crippen LogP contribution in [0.25, 0.3) is 0 Å². The predicted octanol–water partition coefficient (Wildman–Crippen LogP) is 2.97. The van der Waals surface area contributed by atoms with Gasteiger partial charge in [-0.2, -0.15) is 0 Å². The number of thioether (sulfide) groups is 1. The van der Waals surface area contributed by atoms with Gasteiger partial charge in [-0.15, -0.1) is 22.0 Å². The van der Waals surface area contributed by atoms with Crippen LogP contribution in [-0.4, -0.2) is 10.2 Å². The molecule has 0 atom stereocenters. The van der Waals surface area contributed by atoms with E-state index in [9.17, 15) is 0 Å².